The van der Waals surface area contributed by atoms with E-state index >= 15 is 0 Å². The highest BCUT2D eigenvalue weighted by atomic mass is 32.2. The van der Waals surface area contributed by atoms with Gasteiger partial charge < -0.3 is 9.47 Å². The lowest BCUT2D eigenvalue weighted by atomic mass is 9.97. The van der Waals surface area contributed by atoms with Crippen molar-refractivity contribution in [3.05, 3.63) is 0 Å². The molecule has 6 nitrogen and oxygen atoms in total. The first kappa shape index (κ1) is 16.9. The van der Waals surface area contributed by atoms with Crippen LogP contribution in [0.3, 0.4) is 0 Å². The van der Waals surface area contributed by atoms with E-state index in [2.05, 4.69) is 9.47 Å². The second-order valence-electron chi connectivity index (χ2n) is 6.16. The van der Waals surface area contributed by atoms with E-state index in [1.807, 2.05) is 0 Å². The summed E-state index contributed by atoms with van der Waals surface area (Å²) in [4.78, 5) is 22.9. The number of rotatable bonds is 7. The topological polar surface area (TPSA) is 86.7 Å². The highest BCUT2D eigenvalue weighted by Crippen LogP contribution is 2.50. The van der Waals surface area contributed by atoms with Crippen molar-refractivity contribution >= 4 is 21.8 Å². The molecule has 7 heteroatoms. The number of carbonyl (C=O) groups is 2. The SMILES string of the molecule is COC(=O)CC1(CS(=O)(=O)CC(C)(C)C(=O)OC)CC1. The summed E-state index contributed by atoms with van der Waals surface area (Å²) in [6.45, 7) is 3.08. The molecule has 0 aromatic rings. The minimum Gasteiger partial charge on any atom is -0.469 e. The third kappa shape index (κ3) is 4.47. The second-order valence-corrected chi connectivity index (χ2v) is 8.23. The van der Waals surface area contributed by atoms with E-state index in [4.69, 9.17) is 0 Å². The Morgan fingerprint density at radius 1 is 1.15 bits per heavy atom. The normalized spacial score (nSPS) is 17.4. The maximum absolute atomic E-state index is 12.2. The molecule has 1 saturated carbocycles. The molecule has 0 aromatic heterocycles. The molecule has 0 aromatic carbocycles. The predicted octanol–water partition coefficient (Wildman–Crippen LogP) is 0.944. The van der Waals surface area contributed by atoms with Crippen LogP contribution in [0.15, 0.2) is 0 Å². The van der Waals surface area contributed by atoms with Crippen molar-refractivity contribution in [3.8, 4) is 0 Å². The molecule has 0 aliphatic heterocycles. The molecule has 1 rings (SSSR count). The van der Waals surface area contributed by atoms with Crippen LogP contribution in [0.2, 0.25) is 0 Å². The van der Waals surface area contributed by atoms with Crippen LogP contribution in [-0.2, 0) is 28.9 Å². The zero-order valence-corrected chi connectivity index (χ0v) is 13.2. The number of ether oxygens (including phenoxy) is 2. The van der Waals surface area contributed by atoms with E-state index in [0.29, 0.717) is 12.8 Å². The lowest BCUT2D eigenvalue weighted by Crippen LogP contribution is -2.36. The molecule has 0 radical (unpaired) electrons. The van der Waals surface area contributed by atoms with Crippen LogP contribution in [-0.4, -0.2) is 46.1 Å². The Balaban J connectivity index is 2.72. The Labute approximate surface area is 119 Å². The van der Waals surface area contributed by atoms with Gasteiger partial charge in [0.05, 0.1) is 37.6 Å². The largest absolute Gasteiger partial charge is 0.469 e. The van der Waals surface area contributed by atoms with E-state index in [1.165, 1.54) is 28.1 Å². The Morgan fingerprint density at radius 2 is 1.70 bits per heavy atom. The molecule has 0 heterocycles. The summed E-state index contributed by atoms with van der Waals surface area (Å²) >= 11 is 0. The third-order valence-corrected chi connectivity index (χ3v) is 5.76. The number of esters is 2. The average molecular weight is 306 g/mol. The maximum Gasteiger partial charge on any atom is 0.312 e. The fourth-order valence-electron chi connectivity index (χ4n) is 2.33. The van der Waals surface area contributed by atoms with Crippen LogP contribution in [0.25, 0.3) is 0 Å². The summed E-state index contributed by atoms with van der Waals surface area (Å²) in [5.74, 6) is -1.32. The summed E-state index contributed by atoms with van der Waals surface area (Å²) < 4.78 is 33.7. The fourth-order valence-corrected chi connectivity index (χ4v) is 4.97. The highest BCUT2D eigenvalue weighted by Gasteiger charge is 2.49. The van der Waals surface area contributed by atoms with Crippen molar-refractivity contribution in [1.29, 1.82) is 0 Å². The van der Waals surface area contributed by atoms with Gasteiger partial charge in [-0.15, -0.1) is 0 Å². The third-order valence-electron chi connectivity index (χ3n) is 3.55. The minimum atomic E-state index is -3.45. The van der Waals surface area contributed by atoms with Crippen LogP contribution in [0.4, 0.5) is 0 Å². The summed E-state index contributed by atoms with van der Waals surface area (Å²) in [5.41, 5.74) is -1.59. The molecule has 0 unspecified atom stereocenters. The van der Waals surface area contributed by atoms with Crippen molar-refractivity contribution in [2.45, 2.75) is 33.1 Å². The van der Waals surface area contributed by atoms with Crippen molar-refractivity contribution in [3.63, 3.8) is 0 Å². The maximum atomic E-state index is 12.2. The van der Waals surface area contributed by atoms with Crippen LogP contribution in [0, 0.1) is 10.8 Å². The van der Waals surface area contributed by atoms with Crippen LogP contribution in [0.5, 0.6) is 0 Å². The van der Waals surface area contributed by atoms with E-state index in [1.54, 1.807) is 0 Å². The van der Waals surface area contributed by atoms with Gasteiger partial charge >= 0.3 is 11.9 Å². The first-order valence-corrected chi connectivity index (χ1v) is 8.24. The molecule has 20 heavy (non-hydrogen) atoms. The molecule has 0 bridgehead atoms. The molecule has 0 spiro atoms. The molecule has 1 fully saturated rings. The first-order valence-electron chi connectivity index (χ1n) is 6.41. The van der Waals surface area contributed by atoms with Crippen LogP contribution < -0.4 is 0 Å². The zero-order valence-electron chi connectivity index (χ0n) is 12.4. The van der Waals surface area contributed by atoms with Crippen molar-refractivity contribution in [2.75, 3.05) is 25.7 Å². The van der Waals surface area contributed by atoms with Crippen molar-refractivity contribution < 1.29 is 27.5 Å². The van der Waals surface area contributed by atoms with Gasteiger partial charge in [-0.25, -0.2) is 8.42 Å². The second kappa shape index (κ2) is 5.71. The number of hydrogen-bond acceptors (Lipinski definition) is 6. The summed E-state index contributed by atoms with van der Waals surface area (Å²) in [6, 6.07) is 0. The fraction of sp³-hybridized carbons (Fsp3) is 0.846. The lowest BCUT2D eigenvalue weighted by Gasteiger charge is -2.22. The quantitative estimate of drug-likeness (QED) is 0.651. The van der Waals surface area contributed by atoms with Gasteiger partial charge in [0.15, 0.2) is 9.84 Å². The first-order chi connectivity index (χ1) is 9.06. The monoisotopic (exact) mass is 306 g/mol. The van der Waals surface area contributed by atoms with Crippen LogP contribution in [0.1, 0.15) is 33.1 Å². The summed E-state index contributed by atoms with van der Waals surface area (Å²) in [5, 5.41) is 0. The number of hydrogen-bond donors (Lipinski definition) is 0. The Morgan fingerprint density at radius 3 is 2.10 bits per heavy atom. The van der Waals surface area contributed by atoms with Gasteiger partial charge in [0.2, 0.25) is 0 Å². The van der Waals surface area contributed by atoms with Crippen LogP contribution >= 0.6 is 0 Å². The standard InChI is InChI=1S/C13H22O6S/c1-12(2,11(15)19-4)8-20(16,17)9-13(5-6-13)7-10(14)18-3/h5-9H2,1-4H3. The van der Waals surface area contributed by atoms with Gasteiger partial charge in [0.1, 0.15) is 0 Å². The van der Waals surface area contributed by atoms with Gasteiger partial charge in [-0.2, -0.15) is 0 Å². The molecule has 1 aliphatic rings. The van der Waals surface area contributed by atoms with E-state index in [0.717, 1.165) is 0 Å². The van der Waals surface area contributed by atoms with Gasteiger partial charge in [-0.3, -0.25) is 9.59 Å². The van der Waals surface area contributed by atoms with Gasteiger partial charge in [0, 0.05) is 0 Å². The predicted molar refractivity (Wildman–Crippen MR) is 72.8 cm³/mol. The molecule has 0 saturated heterocycles. The summed E-state index contributed by atoms with van der Waals surface area (Å²) in [7, 11) is -0.935. The van der Waals surface area contributed by atoms with E-state index in [9.17, 15) is 18.0 Å². The molecule has 0 atom stereocenters. The Bertz CT molecular complexity index is 487. The molecule has 116 valence electrons. The summed E-state index contributed by atoms with van der Waals surface area (Å²) in [6.07, 6.45) is 1.50. The number of methoxy groups -OCH3 is 2. The van der Waals surface area contributed by atoms with Gasteiger partial charge in [-0.1, -0.05) is 0 Å². The minimum absolute atomic E-state index is 0.0878. The number of sulfone groups is 1. The number of carbonyl (C=O) groups excluding carboxylic acids is 2. The van der Waals surface area contributed by atoms with Crippen molar-refractivity contribution in [2.24, 2.45) is 10.8 Å². The lowest BCUT2D eigenvalue weighted by molar-refractivity contribution is -0.149. The zero-order chi connectivity index (χ0) is 15.6. The Hall–Kier alpha value is -1.11. The van der Waals surface area contributed by atoms with Crippen molar-refractivity contribution in [1.82, 2.24) is 0 Å². The van der Waals surface area contributed by atoms with E-state index in [-0.39, 0.29) is 17.9 Å². The van der Waals surface area contributed by atoms with Gasteiger partial charge in [-0.05, 0) is 32.1 Å². The molecule has 0 amide bonds. The smallest absolute Gasteiger partial charge is 0.312 e. The molecular formula is C13H22O6S. The molecular weight excluding hydrogens is 284 g/mol. The Kier molecular flexibility index (Phi) is 4.84. The van der Waals surface area contributed by atoms with E-state index < -0.39 is 32.6 Å². The molecule has 1 aliphatic carbocycles. The average Bonchev–Trinajstić information content (AvgIpc) is 3.04. The highest BCUT2D eigenvalue weighted by molar-refractivity contribution is 7.91. The molecule has 0 N–H and O–H groups in total. The van der Waals surface area contributed by atoms with Gasteiger partial charge in [0.25, 0.3) is 0 Å².